The number of carbonyl (C=O) groups is 8. The number of aliphatic hydroxyl groups is 4. The standard InChI is InChI=1S/C25H42N7O18P3S.C24H38N7O19P3S/c1-13(33)54(14(2)34)8-7-27-16(35)5-6-28-23(38)20(37)25(3,4)10-47-53(44,45)50-52(42,43)46-9-15-19(49-51(39,40)41)18(36)24(48-15)32-12-31-17-21(26)29-11-30-22(17)32;1-24(2,19(37)22(38)27-4-3-13(32)26-5-6-54-15(35)7-14(33)34)9-47-53(44,45)50-52(42,43)46-8-12-18(49-51(39,40)41)17(36)23(48-12)31-11-30-16-20(25)28-10-29-21(16)31/h11-12,15,18-20,24,36-37,54H,5-10H2,1-4H3,(H,27,35)(H,28,38)(H,42,43)(H,44,45)(H2,26,29,30)(H2,39,40,41);10-12,17-19,23,36-37H,3-9H2,1-2H3,(H,26,32)(H,27,38)(H,33,34)(H,42,43)(H,44,45)(H2,25,28,29)(H2,39,40,41)/t15-,18-,19-,20?,24-;12-,17-,18-,19?,23-/m11/s1. The average molecular weight is 1710 g/mol. The molecule has 6 unspecified atom stereocenters. The number of ether oxygens (including phenoxy) is 2. The van der Waals surface area contributed by atoms with Crippen LogP contribution in [0.1, 0.15) is 73.3 Å². The Bertz CT molecular complexity index is 4170. The summed E-state index contributed by atoms with van der Waals surface area (Å²) in [6, 6.07) is 0. The summed E-state index contributed by atoms with van der Waals surface area (Å²) in [6.45, 7) is 2.92. The van der Waals surface area contributed by atoms with E-state index in [4.69, 9.17) is 44.1 Å². The topological polar surface area (TPSA) is 782 Å². The van der Waals surface area contributed by atoms with E-state index >= 15 is 0 Å². The molecule has 4 aromatic rings. The van der Waals surface area contributed by atoms with Gasteiger partial charge in [-0.2, -0.15) is 8.62 Å². The fraction of sp³-hybridized carbons (Fsp3) is 0.633. The van der Waals surface area contributed by atoms with Crippen LogP contribution in [-0.4, -0.2) is 262 Å². The number of carbonyl (C=O) groups excluding carboxylic acids is 7. The van der Waals surface area contributed by atoms with E-state index in [1.165, 1.54) is 41.5 Å². The van der Waals surface area contributed by atoms with Gasteiger partial charge in [-0.3, -0.25) is 74.6 Å². The molecule has 0 aliphatic carbocycles. The van der Waals surface area contributed by atoms with E-state index in [1.54, 1.807) is 0 Å². The number of phosphoric ester groups is 6. The molecule has 0 aromatic carbocycles. The van der Waals surface area contributed by atoms with Gasteiger partial charge in [0.25, 0.3) is 0 Å². The molecule has 14 atom stereocenters. The first-order valence-electron chi connectivity index (χ1n) is 30.7. The number of amides is 4. The highest BCUT2D eigenvalue weighted by atomic mass is 32.2. The molecule has 4 amide bonds. The SMILES string of the molecule is CC(=O)[SH](CCNC(=O)CCNC(=O)C(O)C(C)(C)COP(=O)(O)OP(=O)(O)OC[C@H]1O[C@@H](n2cnc3c(N)ncnc32)[C@H](O)[C@@H]1OP(=O)(O)O)C(C)=O.CC(C)(COP(=O)(O)OP(=O)(O)OC[C@H]1O[C@@H](n2cnc3c(N)ncnc32)[C@H](O)[C@@H]1OP(=O)(O)O)C(O)C(=O)NCCC(=O)NCCSC(=O)CC(=O)O. The predicted octanol–water partition coefficient (Wildman–Crippen LogP) is -3.36. The molecule has 2 saturated heterocycles. The maximum atomic E-state index is 12.6. The third-order valence-electron chi connectivity index (χ3n) is 14.6. The van der Waals surface area contributed by atoms with E-state index in [1.807, 2.05) is 0 Å². The number of rotatable bonds is 40. The number of aliphatic hydroxyl groups excluding tert-OH is 4. The average Bonchev–Trinajstić information content (AvgIpc) is 1.62. The molecule has 6 heterocycles. The normalized spacial score (nSPS) is 22.1. The van der Waals surface area contributed by atoms with Crippen molar-refractivity contribution in [3.63, 3.8) is 0 Å². The Morgan fingerprint density at radius 2 is 0.944 bits per heavy atom. The number of phosphoric acid groups is 6. The molecule has 0 spiro atoms. The lowest BCUT2D eigenvalue weighted by atomic mass is 9.87. The predicted molar refractivity (Wildman–Crippen MR) is 364 cm³/mol. The van der Waals surface area contributed by atoms with E-state index in [0.717, 1.165) is 46.2 Å². The zero-order chi connectivity index (χ0) is 81.5. The number of carboxylic acids is 1. The van der Waals surface area contributed by atoms with Gasteiger partial charge in [0.05, 0.1) is 39.1 Å². The number of imidazole rings is 2. The Balaban J connectivity index is 0.000000387. The maximum Gasteiger partial charge on any atom is 0.481 e. The van der Waals surface area contributed by atoms with E-state index < -0.39 is 198 Å². The van der Waals surface area contributed by atoms with Crippen molar-refractivity contribution in [1.82, 2.24) is 60.3 Å². The largest absolute Gasteiger partial charge is 0.481 e. The molecule has 4 aromatic heterocycles. The Kier molecular flexibility index (Phi) is 33.7. The van der Waals surface area contributed by atoms with Crippen LogP contribution in [0.4, 0.5) is 11.6 Å². The highest BCUT2D eigenvalue weighted by Gasteiger charge is 2.53. The molecule has 0 saturated carbocycles. The number of nitrogens with zero attached hydrogens (tertiary/aromatic N) is 8. The minimum Gasteiger partial charge on any atom is -0.481 e. The number of anilines is 2. The molecule has 610 valence electrons. The van der Waals surface area contributed by atoms with E-state index in [0.29, 0.717) is 0 Å². The molecule has 0 bridgehead atoms. The Labute approximate surface area is 615 Å². The van der Waals surface area contributed by atoms with Crippen molar-refractivity contribution in [1.29, 1.82) is 0 Å². The van der Waals surface area contributed by atoms with Crippen LogP contribution in [0.15, 0.2) is 25.3 Å². The summed E-state index contributed by atoms with van der Waals surface area (Å²) in [4.78, 5) is 195. The smallest absolute Gasteiger partial charge is 0.481 e. The lowest BCUT2D eigenvalue weighted by Gasteiger charge is -2.30. The highest BCUT2D eigenvalue weighted by molar-refractivity contribution is 8.41. The van der Waals surface area contributed by atoms with Gasteiger partial charge in [-0.05, 0) is 0 Å². The van der Waals surface area contributed by atoms with Crippen molar-refractivity contribution >= 4 is 149 Å². The number of hydrogen-bond acceptors (Lipinski definition) is 37. The van der Waals surface area contributed by atoms with Gasteiger partial charge in [0.1, 0.15) is 78.9 Å². The van der Waals surface area contributed by atoms with Gasteiger partial charge in [0, 0.05) is 75.2 Å². The van der Waals surface area contributed by atoms with Crippen LogP contribution in [0.2, 0.25) is 0 Å². The molecule has 2 fully saturated rings. The summed E-state index contributed by atoms with van der Waals surface area (Å²) >= 11 is 0.718. The van der Waals surface area contributed by atoms with Gasteiger partial charge in [-0.1, -0.05) is 39.5 Å². The van der Waals surface area contributed by atoms with Crippen molar-refractivity contribution in [2.24, 2.45) is 10.8 Å². The van der Waals surface area contributed by atoms with Crippen molar-refractivity contribution in [2.45, 2.75) is 122 Å². The fourth-order valence-corrected chi connectivity index (χ4v) is 17.0. The summed E-state index contributed by atoms with van der Waals surface area (Å²) in [5.74, 6) is -4.21. The molecule has 6 rings (SSSR count). The van der Waals surface area contributed by atoms with Crippen molar-refractivity contribution in [3.05, 3.63) is 25.3 Å². The van der Waals surface area contributed by atoms with Gasteiger partial charge in [-0.25, -0.2) is 57.3 Å². The number of fused-ring (bicyclic) bond motifs is 2. The van der Waals surface area contributed by atoms with E-state index in [2.05, 4.69) is 68.8 Å². The molecule has 21 N–H and O–H groups in total. The molecule has 108 heavy (non-hydrogen) atoms. The van der Waals surface area contributed by atoms with Crippen LogP contribution in [0, 0.1) is 10.8 Å². The zero-order valence-corrected chi connectivity index (χ0v) is 64.2. The Morgan fingerprint density at radius 3 is 1.31 bits per heavy atom. The van der Waals surface area contributed by atoms with Crippen LogP contribution < -0.4 is 32.7 Å². The highest BCUT2D eigenvalue weighted by Crippen LogP contribution is 2.63. The molecular formula is C49H80N14O37P6S2. The number of aromatic nitrogens is 8. The number of nitrogens with two attached hydrogens (primary N) is 2. The number of thioether (sulfide) groups is 1. The molecule has 51 nitrogen and oxygen atoms in total. The van der Waals surface area contributed by atoms with Crippen molar-refractivity contribution in [3.8, 4) is 0 Å². The number of nitrogen functional groups attached to an aromatic ring is 2. The van der Waals surface area contributed by atoms with Gasteiger partial charge in [-0.15, -0.1) is 10.9 Å². The van der Waals surface area contributed by atoms with Crippen LogP contribution >= 0.6 is 69.6 Å². The molecular weight excluding hydrogens is 1630 g/mol. The second kappa shape index (κ2) is 39.1. The number of carboxylic acid groups (broad SMARTS) is 1. The quantitative estimate of drug-likeness (QED) is 0.00895. The lowest BCUT2D eigenvalue weighted by molar-refractivity contribution is -0.139. The van der Waals surface area contributed by atoms with Gasteiger partial charge in [0.2, 0.25) is 23.6 Å². The fourth-order valence-electron chi connectivity index (χ4n) is 9.25. The van der Waals surface area contributed by atoms with Crippen molar-refractivity contribution < 1.29 is 176 Å². The first-order chi connectivity index (χ1) is 49.7. The van der Waals surface area contributed by atoms with Gasteiger partial charge < -0.3 is 107 Å². The van der Waals surface area contributed by atoms with E-state index in [9.17, 15) is 125 Å². The van der Waals surface area contributed by atoms with Crippen molar-refractivity contribution in [2.75, 3.05) is 75.6 Å². The number of thiol groups is 1. The third kappa shape index (κ3) is 28.8. The number of hydrogen-bond donors (Lipinski definition) is 20. The second-order valence-corrected chi connectivity index (χ2v) is 36.3. The minimum atomic E-state index is -5.59. The zero-order valence-electron chi connectivity index (χ0n) is 57.2. The third-order valence-corrected chi connectivity index (χ3v) is 23.8. The molecule has 59 heteroatoms. The van der Waals surface area contributed by atoms with Crippen LogP contribution in [-0.2, 0) is 111 Å². The summed E-state index contributed by atoms with van der Waals surface area (Å²) in [5.41, 5.74) is 8.40. The van der Waals surface area contributed by atoms with Gasteiger partial charge >= 0.3 is 52.9 Å². The lowest BCUT2D eigenvalue weighted by Crippen LogP contribution is -2.46. The summed E-state index contributed by atoms with van der Waals surface area (Å²) in [7, 11) is -34.4. The molecule has 2 aliphatic rings. The van der Waals surface area contributed by atoms with Gasteiger partial charge in [0.15, 0.2) is 50.7 Å². The number of nitrogens with one attached hydrogen (secondary N) is 4. The van der Waals surface area contributed by atoms with E-state index in [-0.39, 0.29) is 94.7 Å². The maximum absolute atomic E-state index is 12.6. The van der Waals surface area contributed by atoms with Crippen LogP contribution in [0.3, 0.4) is 0 Å². The van der Waals surface area contributed by atoms with Crippen LogP contribution in [0.25, 0.3) is 22.3 Å². The first kappa shape index (κ1) is 92.9. The van der Waals surface area contributed by atoms with Crippen LogP contribution in [0.5, 0.6) is 0 Å². The number of aliphatic carboxylic acids is 1. The molecule has 2 aliphatic heterocycles. The minimum absolute atomic E-state index is 0.0185. The first-order valence-corrected chi connectivity index (χ1v) is 42.2. The summed E-state index contributed by atoms with van der Waals surface area (Å²) < 4.78 is 124. The summed E-state index contributed by atoms with van der Waals surface area (Å²) in [6.07, 6.45) is -14.8. The Morgan fingerprint density at radius 1 is 0.574 bits per heavy atom. The monoisotopic (exact) mass is 1710 g/mol. The Hall–Kier alpha value is -5.74. The molecule has 0 radical (unpaired) electrons. The second-order valence-electron chi connectivity index (χ2n) is 24.1. The summed E-state index contributed by atoms with van der Waals surface area (Å²) in [5, 5.41) is 59.7.